The van der Waals surface area contributed by atoms with E-state index in [9.17, 15) is 0 Å². The molecule has 1 rings (SSSR count). The second-order valence-corrected chi connectivity index (χ2v) is 5.02. The number of rotatable bonds is 2. The highest BCUT2D eigenvalue weighted by molar-refractivity contribution is 7.09. The maximum Gasteiger partial charge on any atom is 0.100 e. The fourth-order valence-corrected chi connectivity index (χ4v) is 1.94. The van der Waals surface area contributed by atoms with Crippen molar-refractivity contribution in [2.45, 2.75) is 32.6 Å². The average Bonchev–Trinajstić information content (AvgIpc) is 2.32. The summed E-state index contributed by atoms with van der Waals surface area (Å²) < 4.78 is 0. The normalized spacial score (nSPS) is 11.6. The summed E-state index contributed by atoms with van der Waals surface area (Å²) in [7, 11) is 0. The van der Waals surface area contributed by atoms with Crippen LogP contribution in [0.2, 0.25) is 0 Å². The number of nitrogens with one attached hydrogen (secondary N) is 1. The van der Waals surface area contributed by atoms with Crippen LogP contribution < -0.4 is 5.73 Å². The first-order valence-corrected chi connectivity index (χ1v) is 5.05. The molecular formula is C9H15N3S. The maximum absolute atomic E-state index is 7.14. The van der Waals surface area contributed by atoms with Gasteiger partial charge in [0, 0.05) is 10.8 Å². The molecule has 0 fully saturated rings. The summed E-state index contributed by atoms with van der Waals surface area (Å²) in [5.41, 5.74) is 6.46. The summed E-state index contributed by atoms with van der Waals surface area (Å²) in [4.78, 5) is 4.42. The van der Waals surface area contributed by atoms with Crippen LogP contribution in [0.4, 0.5) is 0 Å². The highest BCUT2D eigenvalue weighted by Crippen LogP contribution is 2.23. The van der Waals surface area contributed by atoms with Crippen molar-refractivity contribution in [3.05, 3.63) is 16.1 Å². The highest BCUT2D eigenvalue weighted by atomic mass is 32.1. The predicted octanol–water partition coefficient (Wildman–Crippen LogP) is 1.92. The Morgan fingerprint density at radius 3 is 2.62 bits per heavy atom. The lowest BCUT2D eigenvalue weighted by molar-refractivity contribution is 0.571. The molecule has 72 valence electrons. The molecule has 1 aromatic rings. The SMILES string of the molecule is CC(C)(C)c1csc(CC(=N)N)n1. The van der Waals surface area contributed by atoms with Gasteiger partial charge in [-0.3, -0.25) is 5.41 Å². The lowest BCUT2D eigenvalue weighted by Gasteiger charge is -2.14. The van der Waals surface area contributed by atoms with Crippen LogP contribution >= 0.6 is 11.3 Å². The van der Waals surface area contributed by atoms with Crippen LogP contribution in [-0.4, -0.2) is 10.8 Å². The molecule has 0 aliphatic heterocycles. The highest BCUT2D eigenvalue weighted by Gasteiger charge is 2.17. The molecule has 1 heterocycles. The summed E-state index contributed by atoms with van der Waals surface area (Å²) in [5, 5.41) is 10.1. The number of hydrogen-bond donors (Lipinski definition) is 2. The minimum atomic E-state index is 0.0888. The molecule has 0 saturated carbocycles. The van der Waals surface area contributed by atoms with E-state index >= 15 is 0 Å². The molecule has 0 bridgehead atoms. The summed E-state index contributed by atoms with van der Waals surface area (Å²) >= 11 is 1.57. The minimum Gasteiger partial charge on any atom is -0.387 e. The molecule has 1 aromatic heterocycles. The number of nitrogens with two attached hydrogens (primary N) is 1. The largest absolute Gasteiger partial charge is 0.387 e. The maximum atomic E-state index is 7.14. The van der Waals surface area contributed by atoms with E-state index in [0.717, 1.165) is 10.7 Å². The van der Waals surface area contributed by atoms with E-state index in [2.05, 4.69) is 25.8 Å². The van der Waals surface area contributed by atoms with Gasteiger partial charge in [-0.05, 0) is 0 Å². The first-order valence-electron chi connectivity index (χ1n) is 4.17. The lowest BCUT2D eigenvalue weighted by atomic mass is 9.93. The second kappa shape index (κ2) is 3.46. The van der Waals surface area contributed by atoms with Crippen molar-refractivity contribution >= 4 is 17.2 Å². The Kier molecular flexibility index (Phi) is 2.71. The van der Waals surface area contributed by atoms with Gasteiger partial charge >= 0.3 is 0 Å². The topological polar surface area (TPSA) is 62.8 Å². The van der Waals surface area contributed by atoms with Gasteiger partial charge in [0.15, 0.2) is 0 Å². The van der Waals surface area contributed by atoms with E-state index in [-0.39, 0.29) is 11.3 Å². The van der Waals surface area contributed by atoms with E-state index in [1.807, 2.05) is 5.38 Å². The molecule has 0 radical (unpaired) electrons. The minimum absolute atomic E-state index is 0.0888. The van der Waals surface area contributed by atoms with E-state index in [0.29, 0.717) is 6.42 Å². The zero-order valence-electron chi connectivity index (χ0n) is 8.22. The Balaban J connectivity index is 2.81. The Morgan fingerprint density at radius 2 is 2.23 bits per heavy atom. The summed E-state index contributed by atoms with van der Waals surface area (Å²) in [6.45, 7) is 6.37. The van der Waals surface area contributed by atoms with Crippen molar-refractivity contribution < 1.29 is 0 Å². The van der Waals surface area contributed by atoms with E-state index in [4.69, 9.17) is 11.1 Å². The van der Waals surface area contributed by atoms with E-state index < -0.39 is 0 Å². The molecule has 0 saturated heterocycles. The molecular weight excluding hydrogens is 182 g/mol. The van der Waals surface area contributed by atoms with Crippen molar-refractivity contribution in [2.75, 3.05) is 0 Å². The molecule has 0 atom stereocenters. The number of hydrogen-bond acceptors (Lipinski definition) is 3. The van der Waals surface area contributed by atoms with Gasteiger partial charge in [0.1, 0.15) is 5.01 Å². The van der Waals surface area contributed by atoms with Gasteiger partial charge in [-0.1, -0.05) is 20.8 Å². The van der Waals surface area contributed by atoms with Crippen molar-refractivity contribution in [3.8, 4) is 0 Å². The zero-order valence-corrected chi connectivity index (χ0v) is 9.03. The summed E-state index contributed by atoms with van der Waals surface area (Å²) in [5.74, 6) is 0.176. The van der Waals surface area contributed by atoms with E-state index in [1.54, 1.807) is 11.3 Å². The van der Waals surface area contributed by atoms with Gasteiger partial charge in [-0.2, -0.15) is 0 Å². The van der Waals surface area contributed by atoms with Crippen LogP contribution in [0.1, 0.15) is 31.5 Å². The fraction of sp³-hybridized carbons (Fsp3) is 0.556. The van der Waals surface area contributed by atoms with Crippen LogP contribution in [-0.2, 0) is 11.8 Å². The number of aromatic nitrogens is 1. The number of thiazole rings is 1. The summed E-state index contributed by atoms with van der Waals surface area (Å²) in [6, 6.07) is 0. The van der Waals surface area contributed by atoms with Gasteiger partial charge in [0.05, 0.1) is 18.0 Å². The monoisotopic (exact) mass is 197 g/mol. The average molecular weight is 197 g/mol. The van der Waals surface area contributed by atoms with Crippen LogP contribution in [0.25, 0.3) is 0 Å². The van der Waals surface area contributed by atoms with Crippen LogP contribution in [0.5, 0.6) is 0 Å². The molecule has 0 spiro atoms. The standard InChI is InChI=1S/C9H15N3S/c1-9(2,3)6-5-13-8(12-6)4-7(10)11/h5H,4H2,1-3H3,(H3,10,11). The Hall–Kier alpha value is -0.900. The van der Waals surface area contributed by atoms with Crippen LogP contribution in [0.3, 0.4) is 0 Å². The van der Waals surface area contributed by atoms with Crippen molar-refractivity contribution in [1.29, 1.82) is 5.41 Å². The summed E-state index contributed by atoms with van der Waals surface area (Å²) in [6.07, 6.45) is 0.473. The van der Waals surface area contributed by atoms with Crippen LogP contribution in [0.15, 0.2) is 5.38 Å². The molecule has 3 nitrogen and oxygen atoms in total. The van der Waals surface area contributed by atoms with Crippen LogP contribution in [0, 0.1) is 5.41 Å². The van der Waals surface area contributed by atoms with Gasteiger partial charge in [-0.15, -0.1) is 11.3 Å². The Morgan fingerprint density at radius 1 is 1.62 bits per heavy atom. The fourth-order valence-electron chi connectivity index (χ4n) is 0.899. The second-order valence-electron chi connectivity index (χ2n) is 4.08. The van der Waals surface area contributed by atoms with Crippen molar-refractivity contribution in [2.24, 2.45) is 5.73 Å². The molecule has 0 unspecified atom stereocenters. The lowest BCUT2D eigenvalue weighted by Crippen LogP contribution is -2.14. The molecule has 0 amide bonds. The first-order chi connectivity index (χ1) is 5.89. The number of amidine groups is 1. The predicted molar refractivity (Wildman–Crippen MR) is 56.4 cm³/mol. The third-order valence-electron chi connectivity index (χ3n) is 1.66. The molecule has 0 aromatic carbocycles. The number of nitrogens with zero attached hydrogens (tertiary/aromatic N) is 1. The van der Waals surface area contributed by atoms with Crippen molar-refractivity contribution in [3.63, 3.8) is 0 Å². The van der Waals surface area contributed by atoms with Gasteiger partial charge in [0.2, 0.25) is 0 Å². The Bertz CT molecular complexity index is 309. The molecule has 0 aliphatic rings. The molecule has 3 N–H and O–H groups in total. The zero-order chi connectivity index (χ0) is 10.1. The molecule has 13 heavy (non-hydrogen) atoms. The Labute approximate surface area is 82.5 Å². The van der Waals surface area contributed by atoms with Gasteiger partial charge < -0.3 is 5.73 Å². The third-order valence-corrected chi connectivity index (χ3v) is 2.51. The molecule has 0 aliphatic carbocycles. The third kappa shape index (κ3) is 2.81. The smallest absolute Gasteiger partial charge is 0.100 e. The first kappa shape index (κ1) is 10.2. The van der Waals surface area contributed by atoms with Gasteiger partial charge in [0.25, 0.3) is 0 Å². The van der Waals surface area contributed by atoms with E-state index in [1.165, 1.54) is 0 Å². The molecule has 4 heteroatoms. The quantitative estimate of drug-likeness (QED) is 0.562. The van der Waals surface area contributed by atoms with Crippen molar-refractivity contribution in [1.82, 2.24) is 4.98 Å². The van der Waals surface area contributed by atoms with Gasteiger partial charge in [-0.25, -0.2) is 4.98 Å².